The molecule has 2 N–H and O–H groups in total. The predicted octanol–water partition coefficient (Wildman–Crippen LogP) is 3.34. The number of carbonyl (C=O) groups excluding carboxylic acids is 3. The number of hydrogen-bond acceptors (Lipinski definition) is 10. The van der Waals surface area contributed by atoms with Gasteiger partial charge in [0.25, 0.3) is 0 Å². The lowest BCUT2D eigenvalue weighted by atomic mass is 9.97. The quantitative estimate of drug-likeness (QED) is 0.349. The number of ether oxygens (including phenoxy) is 5. The fourth-order valence-corrected chi connectivity index (χ4v) is 4.83. The van der Waals surface area contributed by atoms with E-state index >= 15 is 0 Å². The summed E-state index contributed by atoms with van der Waals surface area (Å²) < 4.78 is 27.7. The third-order valence-electron chi connectivity index (χ3n) is 6.46. The topological polar surface area (TPSA) is 136 Å². The molecule has 1 aromatic carbocycles. The zero-order valence-corrected chi connectivity index (χ0v) is 25.4. The monoisotopic (exact) mass is 579 g/mol. The van der Waals surface area contributed by atoms with Crippen LogP contribution in [0.1, 0.15) is 54.0 Å². The second kappa shape index (κ2) is 12.7. The van der Waals surface area contributed by atoms with Crippen LogP contribution < -0.4 is 10.1 Å². The molecule has 230 valence electrons. The zero-order valence-electron chi connectivity index (χ0n) is 25.4. The molecule has 0 spiro atoms. The lowest BCUT2D eigenvalue weighted by Gasteiger charge is -2.44. The van der Waals surface area contributed by atoms with Gasteiger partial charge in [-0.1, -0.05) is 12.1 Å². The minimum absolute atomic E-state index is 0.0597. The number of carbonyl (C=O) groups is 3. The van der Waals surface area contributed by atoms with Crippen LogP contribution in [0.3, 0.4) is 0 Å². The number of rotatable bonds is 8. The third-order valence-corrected chi connectivity index (χ3v) is 6.46. The van der Waals surface area contributed by atoms with Crippen molar-refractivity contribution >= 4 is 18.3 Å². The molecule has 0 aliphatic carbocycles. The van der Waals surface area contributed by atoms with Gasteiger partial charge in [0.1, 0.15) is 17.0 Å². The Morgan fingerprint density at radius 3 is 2.15 bits per heavy atom. The number of β-amino-alcohol motifs (C(OH)–C–C–N with tert-alkyl or cyclic N) is 1. The summed E-state index contributed by atoms with van der Waals surface area (Å²) in [6, 6.07) is 6.60. The van der Waals surface area contributed by atoms with Gasteiger partial charge >= 0.3 is 18.3 Å². The van der Waals surface area contributed by atoms with Crippen molar-refractivity contribution in [1.82, 2.24) is 15.1 Å². The van der Waals surface area contributed by atoms with E-state index < -0.39 is 53.4 Å². The van der Waals surface area contributed by atoms with E-state index in [1.807, 2.05) is 17.0 Å². The van der Waals surface area contributed by atoms with Gasteiger partial charge in [-0.05, 0) is 72.6 Å². The summed E-state index contributed by atoms with van der Waals surface area (Å²) >= 11 is 0. The van der Waals surface area contributed by atoms with Gasteiger partial charge in [-0.25, -0.2) is 14.4 Å². The highest BCUT2D eigenvalue weighted by molar-refractivity contribution is 5.71. The number of aliphatic hydroxyl groups is 1. The molecule has 2 aliphatic rings. The number of nitrogens with one attached hydrogen (secondary N) is 1. The number of alkyl carbamates (subject to hydrolysis) is 1. The SMILES string of the molecule is COc1ccc(C[C@@H]2[C@H](OC(=O)NCCN3CC(C)(O)C3)[C@@H](OC(=O)OC(C)(C)C)CN2C(=O)OC(C)(C)C)cc1. The number of likely N-dealkylation sites (tertiary alicyclic amines) is 2. The molecule has 1 aromatic rings. The maximum Gasteiger partial charge on any atom is 0.509 e. The van der Waals surface area contributed by atoms with E-state index in [0.29, 0.717) is 25.4 Å². The number of methoxy groups -OCH3 is 1. The Kier molecular flexibility index (Phi) is 10.0. The highest BCUT2D eigenvalue weighted by Gasteiger charge is 2.50. The van der Waals surface area contributed by atoms with Gasteiger partial charge in [0.15, 0.2) is 12.2 Å². The Morgan fingerprint density at radius 2 is 1.61 bits per heavy atom. The van der Waals surface area contributed by atoms with E-state index in [1.165, 1.54) is 4.90 Å². The third kappa shape index (κ3) is 9.96. The highest BCUT2D eigenvalue weighted by atomic mass is 16.7. The zero-order chi connectivity index (χ0) is 30.6. The molecule has 2 amide bonds. The van der Waals surface area contributed by atoms with Crippen molar-refractivity contribution in [1.29, 1.82) is 0 Å². The molecule has 2 aliphatic heterocycles. The Hall–Kier alpha value is -3.25. The van der Waals surface area contributed by atoms with E-state index in [9.17, 15) is 19.5 Å². The molecule has 0 unspecified atom stereocenters. The van der Waals surface area contributed by atoms with Crippen LogP contribution in [0.4, 0.5) is 14.4 Å². The summed E-state index contributed by atoms with van der Waals surface area (Å²) in [5, 5.41) is 12.6. The van der Waals surface area contributed by atoms with Crippen LogP contribution in [-0.4, -0.2) is 108 Å². The molecule has 3 atom stereocenters. The highest BCUT2D eigenvalue weighted by Crippen LogP contribution is 2.30. The largest absolute Gasteiger partial charge is 0.509 e. The fourth-order valence-electron chi connectivity index (χ4n) is 4.83. The van der Waals surface area contributed by atoms with Gasteiger partial charge in [0, 0.05) is 26.2 Å². The molecule has 12 heteroatoms. The van der Waals surface area contributed by atoms with Crippen molar-refractivity contribution in [3.8, 4) is 5.75 Å². The molecule has 0 aromatic heterocycles. The van der Waals surface area contributed by atoms with E-state index in [1.54, 1.807) is 67.7 Å². The number of amides is 2. The smallest absolute Gasteiger partial charge is 0.497 e. The molecular formula is C29H45N3O9. The molecule has 0 bridgehead atoms. The first kappa shape index (κ1) is 32.3. The Labute approximate surface area is 242 Å². The molecule has 3 rings (SSSR count). The van der Waals surface area contributed by atoms with Crippen LogP contribution in [0.25, 0.3) is 0 Å². The maximum atomic E-state index is 13.3. The summed E-state index contributed by atoms with van der Waals surface area (Å²) in [5.74, 6) is 0.672. The molecule has 2 saturated heterocycles. The molecule has 2 fully saturated rings. The van der Waals surface area contributed by atoms with Crippen LogP contribution in [-0.2, 0) is 25.4 Å². The second-order valence-corrected chi connectivity index (χ2v) is 12.9. The van der Waals surface area contributed by atoms with Crippen molar-refractivity contribution < 1.29 is 43.2 Å². The van der Waals surface area contributed by atoms with E-state index in [0.717, 1.165) is 5.56 Å². The molecule has 41 heavy (non-hydrogen) atoms. The minimum Gasteiger partial charge on any atom is -0.497 e. The summed E-state index contributed by atoms with van der Waals surface area (Å²) in [5.41, 5.74) is -1.45. The lowest BCUT2D eigenvalue weighted by molar-refractivity contribution is -0.0823. The van der Waals surface area contributed by atoms with E-state index in [-0.39, 0.29) is 19.5 Å². The van der Waals surface area contributed by atoms with Gasteiger partial charge in [-0.3, -0.25) is 9.80 Å². The van der Waals surface area contributed by atoms with Crippen LogP contribution in [0.5, 0.6) is 5.75 Å². The lowest BCUT2D eigenvalue weighted by Crippen LogP contribution is -2.61. The second-order valence-electron chi connectivity index (χ2n) is 12.9. The maximum absolute atomic E-state index is 13.3. The Bertz CT molecular complexity index is 1050. The molecule has 0 radical (unpaired) electrons. The Morgan fingerprint density at radius 1 is 1.00 bits per heavy atom. The molecular weight excluding hydrogens is 534 g/mol. The fraction of sp³-hybridized carbons (Fsp3) is 0.690. The summed E-state index contributed by atoms with van der Waals surface area (Å²) in [6.45, 7) is 14.0. The average molecular weight is 580 g/mol. The number of benzene rings is 1. The van der Waals surface area contributed by atoms with Crippen LogP contribution >= 0.6 is 0 Å². The molecule has 2 heterocycles. The molecule has 0 saturated carbocycles. The first-order chi connectivity index (χ1) is 18.9. The van der Waals surface area contributed by atoms with Crippen molar-refractivity contribution in [2.75, 3.05) is 39.8 Å². The normalized spacial score (nSPS) is 22.4. The first-order valence-electron chi connectivity index (χ1n) is 13.9. The van der Waals surface area contributed by atoms with E-state index in [4.69, 9.17) is 23.7 Å². The molecule has 12 nitrogen and oxygen atoms in total. The van der Waals surface area contributed by atoms with Crippen LogP contribution in [0, 0.1) is 0 Å². The van der Waals surface area contributed by atoms with Gasteiger partial charge in [0.2, 0.25) is 0 Å². The van der Waals surface area contributed by atoms with Crippen molar-refractivity contribution in [2.24, 2.45) is 0 Å². The minimum atomic E-state index is -1.01. The van der Waals surface area contributed by atoms with Gasteiger partial charge in [-0.15, -0.1) is 0 Å². The number of hydrogen-bond donors (Lipinski definition) is 2. The Balaban J connectivity index is 1.81. The van der Waals surface area contributed by atoms with Gasteiger partial charge in [0.05, 0.1) is 25.3 Å². The standard InChI is InChI=1S/C29H45N3O9/c1-27(2,3)40-25(34)32-16-22(38-26(35)41-28(4,5)6)23(21(32)15-19-9-11-20(37-8)12-10-19)39-24(33)30-13-14-31-17-29(7,36)18-31/h9-12,21-23,36H,13-18H2,1-8H3,(H,30,33)/t21-,22+,23+/m1/s1. The van der Waals surface area contributed by atoms with Crippen molar-refractivity contribution in [3.63, 3.8) is 0 Å². The van der Waals surface area contributed by atoms with Gasteiger partial charge in [-0.2, -0.15) is 0 Å². The van der Waals surface area contributed by atoms with Crippen molar-refractivity contribution in [2.45, 2.75) is 89.9 Å². The predicted molar refractivity (Wildman–Crippen MR) is 150 cm³/mol. The van der Waals surface area contributed by atoms with E-state index in [2.05, 4.69) is 5.32 Å². The first-order valence-corrected chi connectivity index (χ1v) is 13.9. The summed E-state index contributed by atoms with van der Waals surface area (Å²) in [7, 11) is 1.57. The average Bonchev–Trinajstić information content (AvgIpc) is 3.12. The summed E-state index contributed by atoms with van der Waals surface area (Å²) in [6.07, 6.45) is -4.00. The van der Waals surface area contributed by atoms with Gasteiger partial charge < -0.3 is 34.1 Å². The summed E-state index contributed by atoms with van der Waals surface area (Å²) in [4.78, 5) is 42.3. The number of nitrogens with zero attached hydrogens (tertiary/aromatic N) is 2. The van der Waals surface area contributed by atoms with Crippen LogP contribution in [0.15, 0.2) is 24.3 Å². The van der Waals surface area contributed by atoms with Crippen LogP contribution in [0.2, 0.25) is 0 Å². The van der Waals surface area contributed by atoms with Crippen molar-refractivity contribution in [3.05, 3.63) is 29.8 Å².